The molecule has 20 heavy (non-hydrogen) atoms. The van der Waals surface area contributed by atoms with Crippen LogP contribution in [-0.2, 0) is 0 Å². The molecule has 0 spiro atoms. The topological polar surface area (TPSA) is 56.7 Å². The number of nitrogens with zero attached hydrogens (tertiary/aromatic N) is 1. The Morgan fingerprint density at radius 1 is 1.25 bits per heavy atom. The van der Waals surface area contributed by atoms with Crippen molar-refractivity contribution in [1.29, 1.82) is 0 Å². The van der Waals surface area contributed by atoms with Crippen LogP contribution in [0, 0.1) is 5.92 Å². The number of nitrogens with one attached hydrogen (secondary N) is 2. The molecule has 1 aliphatic rings. The van der Waals surface area contributed by atoms with Crippen LogP contribution < -0.4 is 10.6 Å². The van der Waals surface area contributed by atoms with Crippen molar-refractivity contribution in [3.63, 3.8) is 0 Å². The maximum atomic E-state index is 10.6. The molecule has 0 bridgehead atoms. The van der Waals surface area contributed by atoms with Gasteiger partial charge in [-0.25, -0.2) is 0 Å². The highest BCUT2D eigenvalue weighted by molar-refractivity contribution is 14.0. The summed E-state index contributed by atoms with van der Waals surface area (Å²) in [4.78, 5) is 4.58. The maximum absolute atomic E-state index is 10.6. The molecule has 0 aromatic heterocycles. The van der Waals surface area contributed by atoms with Crippen LogP contribution in [0.25, 0.3) is 0 Å². The second-order valence-electron chi connectivity index (χ2n) is 5.88. The van der Waals surface area contributed by atoms with Gasteiger partial charge in [-0.3, -0.25) is 4.99 Å². The zero-order valence-electron chi connectivity index (χ0n) is 13.4. The first kappa shape index (κ1) is 20.0. The summed E-state index contributed by atoms with van der Waals surface area (Å²) in [6.07, 6.45) is 4.86. The molecule has 0 heterocycles. The SMILES string of the molecule is CCCC(O)(CCC)CN=C(NCC)NC1CC1C.I. The Hall–Kier alpha value is -0.0400. The van der Waals surface area contributed by atoms with E-state index in [9.17, 15) is 5.11 Å². The molecule has 5 heteroatoms. The van der Waals surface area contributed by atoms with Crippen molar-refractivity contribution in [1.82, 2.24) is 10.6 Å². The van der Waals surface area contributed by atoms with Gasteiger partial charge in [-0.05, 0) is 32.1 Å². The van der Waals surface area contributed by atoms with E-state index in [1.54, 1.807) is 0 Å². The summed E-state index contributed by atoms with van der Waals surface area (Å²) in [6, 6.07) is 0.559. The molecule has 3 N–H and O–H groups in total. The maximum Gasteiger partial charge on any atom is 0.191 e. The number of guanidine groups is 1. The fraction of sp³-hybridized carbons (Fsp3) is 0.933. The lowest BCUT2D eigenvalue weighted by molar-refractivity contribution is 0.0306. The second-order valence-corrected chi connectivity index (χ2v) is 5.88. The smallest absolute Gasteiger partial charge is 0.191 e. The molecule has 2 atom stereocenters. The third-order valence-corrected chi connectivity index (χ3v) is 3.74. The van der Waals surface area contributed by atoms with Gasteiger partial charge >= 0.3 is 0 Å². The molecule has 2 unspecified atom stereocenters. The van der Waals surface area contributed by atoms with Gasteiger partial charge in [0.15, 0.2) is 5.96 Å². The van der Waals surface area contributed by atoms with E-state index in [1.165, 1.54) is 6.42 Å². The van der Waals surface area contributed by atoms with E-state index in [0.717, 1.165) is 44.1 Å². The molecule has 1 fully saturated rings. The lowest BCUT2D eigenvalue weighted by Crippen LogP contribution is -2.41. The van der Waals surface area contributed by atoms with Crippen molar-refractivity contribution < 1.29 is 5.11 Å². The normalized spacial score (nSPS) is 22.1. The van der Waals surface area contributed by atoms with Gasteiger partial charge in [-0.2, -0.15) is 0 Å². The Morgan fingerprint density at radius 3 is 2.20 bits per heavy atom. The molecule has 1 saturated carbocycles. The Balaban J connectivity index is 0.00000361. The summed E-state index contributed by atoms with van der Waals surface area (Å²) in [5.74, 6) is 1.59. The molecule has 120 valence electrons. The monoisotopic (exact) mass is 397 g/mol. The highest BCUT2D eigenvalue weighted by atomic mass is 127. The number of halogens is 1. The third kappa shape index (κ3) is 7.11. The summed E-state index contributed by atoms with van der Waals surface area (Å²) in [7, 11) is 0. The average Bonchev–Trinajstić information content (AvgIpc) is 3.03. The van der Waals surface area contributed by atoms with Crippen molar-refractivity contribution in [2.24, 2.45) is 10.9 Å². The van der Waals surface area contributed by atoms with E-state index in [1.807, 2.05) is 0 Å². The van der Waals surface area contributed by atoms with Crippen LogP contribution in [-0.4, -0.2) is 35.8 Å². The number of rotatable bonds is 8. The number of aliphatic hydroxyl groups is 1. The highest BCUT2D eigenvalue weighted by Gasteiger charge is 2.33. The van der Waals surface area contributed by atoms with Gasteiger partial charge in [0.25, 0.3) is 0 Å². The quantitative estimate of drug-likeness (QED) is 0.335. The summed E-state index contributed by atoms with van der Waals surface area (Å²) in [5.41, 5.74) is -0.638. The number of hydrogen-bond donors (Lipinski definition) is 3. The average molecular weight is 397 g/mol. The predicted molar refractivity (Wildman–Crippen MR) is 96.9 cm³/mol. The van der Waals surface area contributed by atoms with Crippen molar-refractivity contribution in [2.75, 3.05) is 13.1 Å². The van der Waals surface area contributed by atoms with E-state index < -0.39 is 5.60 Å². The Morgan fingerprint density at radius 2 is 1.80 bits per heavy atom. The zero-order valence-corrected chi connectivity index (χ0v) is 15.7. The zero-order chi connectivity index (χ0) is 14.3. The largest absolute Gasteiger partial charge is 0.388 e. The van der Waals surface area contributed by atoms with Crippen LogP contribution in [0.2, 0.25) is 0 Å². The minimum absolute atomic E-state index is 0. The van der Waals surface area contributed by atoms with Crippen LogP contribution in [0.4, 0.5) is 0 Å². The van der Waals surface area contributed by atoms with Gasteiger partial charge in [0.1, 0.15) is 0 Å². The fourth-order valence-electron chi connectivity index (χ4n) is 2.46. The molecular weight excluding hydrogens is 365 g/mol. The van der Waals surface area contributed by atoms with Crippen LogP contribution in [0.5, 0.6) is 0 Å². The molecule has 1 rings (SSSR count). The van der Waals surface area contributed by atoms with Crippen molar-refractivity contribution in [3.05, 3.63) is 0 Å². The lowest BCUT2D eigenvalue weighted by Gasteiger charge is -2.26. The summed E-state index contributed by atoms with van der Waals surface area (Å²) < 4.78 is 0. The highest BCUT2D eigenvalue weighted by Crippen LogP contribution is 2.28. The Bertz CT molecular complexity index is 291. The summed E-state index contributed by atoms with van der Waals surface area (Å²) >= 11 is 0. The number of hydrogen-bond acceptors (Lipinski definition) is 2. The Kier molecular flexibility index (Phi) is 9.80. The number of aliphatic imine (C=N–C) groups is 1. The molecule has 0 aliphatic heterocycles. The third-order valence-electron chi connectivity index (χ3n) is 3.74. The van der Waals surface area contributed by atoms with Gasteiger partial charge in [-0.15, -0.1) is 24.0 Å². The fourth-order valence-corrected chi connectivity index (χ4v) is 2.46. The van der Waals surface area contributed by atoms with Crippen LogP contribution in [0.15, 0.2) is 4.99 Å². The standard InChI is InChI=1S/C15H31N3O.HI/c1-5-8-15(19,9-6-2)11-17-14(16-7-3)18-13-10-12(13)4;/h12-13,19H,5-11H2,1-4H3,(H2,16,17,18);1H. The van der Waals surface area contributed by atoms with Gasteiger partial charge in [0.2, 0.25) is 0 Å². The van der Waals surface area contributed by atoms with Gasteiger partial charge in [0.05, 0.1) is 12.1 Å². The van der Waals surface area contributed by atoms with Crippen LogP contribution >= 0.6 is 24.0 Å². The summed E-state index contributed by atoms with van der Waals surface area (Å²) in [6.45, 7) is 9.88. The molecule has 0 aromatic rings. The van der Waals surface area contributed by atoms with Crippen LogP contribution in [0.1, 0.15) is 59.8 Å². The minimum atomic E-state index is -0.638. The first-order valence-electron chi connectivity index (χ1n) is 7.81. The molecule has 4 nitrogen and oxygen atoms in total. The molecular formula is C15H32IN3O. The Labute approximate surface area is 141 Å². The van der Waals surface area contributed by atoms with Crippen molar-refractivity contribution in [2.45, 2.75) is 71.4 Å². The molecule has 0 saturated heterocycles. The van der Waals surface area contributed by atoms with Crippen molar-refractivity contribution in [3.8, 4) is 0 Å². The molecule has 0 radical (unpaired) electrons. The van der Waals surface area contributed by atoms with E-state index in [-0.39, 0.29) is 24.0 Å². The van der Waals surface area contributed by atoms with E-state index in [4.69, 9.17) is 0 Å². The predicted octanol–water partition coefficient (Wildman–Crippen LogP) is 2.90. The minimum Gasteiger partial charge on any atom is -0.388 e. The van der Waals surface area contributed by atoms with Gasteiger partial charge in [0, 0.05) is 12.6 Å². The molecule has 1 aliphatic carbocycles. The van der Waals surface area contributed by atoms with Crippen LogP contribution in [0.3, 0.4) is 0 Å². The molecule has 0 aromatic carbocycles. The van der Waals surface area contributed by atoms with Gasteiger partial charge in [-0.1, -0.05) is 33.6 Å². The first-order valence-corrected chi connectivity index (χ1v) is 7.81. The van der Waals surface area contributed by atoms with Gasteiger partial charge < -0.3 is 15.7 Å². The molecule has 0 amide bonds. The van der Waals surface area contributed by atoms with Crippen molar-refractivity contribution >= 4 is 29.9 Å². The van der Waals surface area contributed by atoms with E-state index in [0.29, 0.717) is 12.6 Å². The summed E-state index contributed by atoms with van der Waals surface area (Å²) in [5, 5.41) is 17.3. The van der Waals surface area contributed by atoms with E-state index >= 15 is 0 Å². The van der Waals surface area contributed by atoms with E-state index in [2.05, 4.69) is 43.3 Å². The first-order chi connectivity index (χ1) is 9.04. The second kappa shape index (κ2) is 9.82. The lowest BCUT2D eigenvalue weighted by atomic mass is 9.93.